The molecule has 0 aliphatic carbocycles. The Labute approximate surface area is 175 Å². The van der Waals surface area contributed by atoms with Crippen molar-refractivity contribution in [2.24, 2.45) is 0 Å². The Balaban J connectivity index is 1.49. The molecule has 0 fully saturated rings. The van der Waals surface area contributed by atoms with Gasteiger partial charge in [0, 0.05) is 19.0 Å². The van der Waals surface area contributed by atoms with Crippen LogP contribution in [0.1, 0.15) is 16.9 Å². The molecule has 0 amide bonds. The highest BCUT2D eigenvalue weighted by Crippen LogP contribution is 2.17. The molecule has 0 aliphatic rings. The minimum absolute atomic E-state index is 0.0464. The molecule has 10 nitrogen and oxygen atoms in total. The summed E-state index contributed by atoms with van der Waals surface area (Å²) in [7, 11) is -3.66. The normalized spacial score (nSPS) is 11.8. The molecule has 4 aromatic rings. The Kier molecular flexibility index (Phi) is 5.19. The minimum Gasteiger partial charge on any atom is -0.461 e. The molecule has 0 saturated carbocycles. The van der Waals surface area contributed by atoms with Crippen molar-refractivity contribution in [3.05, 3.63) is 75.2 Å². The summed E-state index contributed by atoms with van der Waals surface area (Å²) in [5.74, 6) is -0.793. The van der Waals surface area contributed by atoms with Crippen LogP contribution in [0, 0.1) is 0 Å². The van der Waals surface area contributed by atoms with Crippen molar-refractivity contribution in [1.82, 2.24) is 18.9 Å². The molecule has 160 valence electrons. The van der Waals surface area contributed by atoms with E-state index in [9.17, 15) is 22.8 Å². The van der Waals surface area contributed by atoms with Gasteiger partial charge in [-0.2, -0.15) is 0 Å². The molecule has 0 radical (unpaired) electrons. The molecule has 11 heteroatoms. The predicted molar refractivity (Wildman–Crippen MR) is 112 cm³/mol. The van der Waals surface area contributed by atoms with E-state index in [1.54, 1.807) is 42.5 Å². The lowest BCUT2D eigenvalue weighted by Gasteiger charge is -2.07. The van der Waals surface area contributed by atoms with Gasteiger partial charge in [-0.05, 0) is 30.7 Å². The lowest BCUT2D eigenvalue weighted by molar-refractivity contribution is 0.0491. The van der Waals surface area contributed by atoms with Gasteiger partial charge in [-0.25, -0.2) is 23.0 Å². The maximum Gasteiger partial charge on any atom is 0.359 e. The number of carbonyl (C=O) groups is 1. The summed E-state index contributed by atoms with van der Waals surface area (Å²) in [6.45, 7) is -0.0393. The maximum atomic E-state index is 12.5. The standard InChI is InChI=1S/C20H18N4O6S/c1-31(28,29)20-22-16(15-9-4-5-10-23(15)20)18(26)30-12-6-11-24-17(25)13-7-2-3-8-14(13)21-19(24)27/h2-5,7-10H,6,11-12H2,1H3,(H,21,27). The molecule has 0 atom stereocenters. The molecular formula is C20H18N4O6S. The topological polar surface area (TPSA) is 133 Å². The quantitative estimate of drug-likeness (QED) is 0.348. The maximum absolute atomic E-state index is 12.5. The third kappa shape index (κ3) is 3.87. The van der Waals surface area contributed by atoms with E-state index in [4.69, 9.17) is 4.74 Å². The van der Waals surface area contributed by atoms with Crippen LogP contribution in [0.3, 0.4) is 0 Å². The third-order valence-electron chi connectivity index (χ3n) is 4.69. The number of nitrogens with one attached hydrogen (secondary N) is 1. The second kappa shape index (κ2) is 7.84. The number of aromatic nitrogens is 4. The van der Waals surface area contributed by atoms with E-state index in [0.29, 0.717) is 16.4 Å². The van der Waals surface area contributed by atoms with E-state index >= 15 is 0 Å². The van der Waals surface area contributed by atoms with E-state index < -0.39 is 27.1 Å². The molecule has 3 heterocycles. The van der Waals surface area contributed by atoms with E-state index in [1.165, 1.54) is 10.6 Å². The largest absolute Gasteiger partial charge is 0.461 e. The zero-order valence-corrected chi connectivity index (χ0v) is 17.3. The van der Waals surface area contributed by atoms with Gasteiger partial charge in [-0.1, -0.05) is 18.2 Å². The van der Waals surface area contributed by atoms with Crippen molar-refractivity contribution in [2.75, 3.05) is 12.9 Å². The Morgan fingerprint density at radius 1 is 1.13 bits per heavy atom. The Bertz CT molecular complexity index is 1530. The highest BCUT2D eigenvalue weighted by Gasteiger charge is 2.23. The zero-order chi connectivity index (χ0) is 22.2. The Morgan fingerprint density at radius 2 is 1.87 bits per heavy atom. The van der Waals surface area contributed by atoms with E-state index in [-0.39, 0.29) is 30.4 Å². The minimum atomic E-state index is -3.66. The number of ether oxygens (including phenoxy) is 1. The molecule has 1 aromatic carbocycles. The van der Waals surface area contributed by atoms with Crippen molar-refractivity contribution >= 4 is 32.2 Å². The average molecular weight is 442 g/mol. The number of carbonyl (C=O) groups excluding carboxylic acids is 1. The molecular weight excluding hydrogens is 424 g/mol. The van der Waals surface area contributed by atoms with E-state index in [1.807, 2.05) is 0 Å². The van der Waals surface area contributed by atoms with Gasteiger partial charge in [-0.15, -0.1) is 0 Å². The number of pyridine rings is 1. The van der Waals surface area contributed by atoms with Crippen LogP contribution >= 0.6 is 0 Å². The molecule has 3 aromatic heterocycles. The number of fused-ring (bicyclic) bond motifs is 2. The number of nitrogens with zero attached hydrogens (tertiary/aromatic N) is 3. The number of rotatable bonds is 6. The number of imidazole rings is 1. The molecule has 0 bridgehead atoms. The SMILES string of the molecule is CS(=O)(=O)c1nc(C(=O)OCCCn2c(=O)[nH]c3ccccc3c2=O)c2ccccn12. The van der Waals surface area contributed by atoms with Crippen LogP contribution in [-0.2, 0) is 21.1 Å². The zero-order valence-electron chi connectivity index (χ0n) is 16.4. The van der Waals surface area contributed by atoms with Crippen molar-refractivity contribution < 1.29 is 17.9 Å². The first-order chi connectivity index (χ1) is 14.8. The highest BCUT2D eigenvalue weighted by molar-refractivity contribution is 7.90. The molecule has 0 spiro atoms. The summed E-state index contributed by atoms with van der Waals surface area (Å²) >= 11 is 0. The fourth-order valence-electron chi connectivity index (χ4n) is 3.28. The number of para-hydroxylation sites is 1. The highest BCUT2D eigenvalue weighted by atomic mass is 32.2. The number of esters is 1. The lowest BCUT2D eigenvalue weighted by atomic mass is 10.2. The third-order valence-corrected chi connectivity index (χ3v) is 5.64. The van der Waals surface area contributed by atoms with Gasteiger partial charge in [0.1, 0.15) is 0 Å². The monoisotopic (exact) mass is 442 g/mol. The lowest BCUT2D eigenvalue weighted by Crippen LogP contribution is -2.35. The Morgan fingerprint density at radius 3 is 2.65 bits per heavy atom. The predicted octanol–water partition coefficient (Wildman–Crippen LogP) is 0.988. The van der Waals surface area contributed by atoms with Gasteiger partial charge in [0.05, 0.1) is 23.0 Å². The first-order valence-electron chi connectivity index (χ1n) is 9.33. The van der Waals surface area contributed by atoms with Crippen molar-refractivity contribution in [3.8, 4) is 0 Å². The number of sulfone groups is 1. The fourth-order valence-corrected chi connectivity index (χ4v) is 4.05. The second-order valence-electron chi connectivity index (χ2n) is 6.89. The molecule has 0 saturated heterocycles. The van der Waals surface area contributed by atoms with Gasteiger partial charge in [0.15, 0.2) is 5.69 Å². The average Bonchev–Trinajstić information content (AvgIpc) is 3.13. The van der Waals surface area contributed by atoms with Crippen molar-refractivity contribution in [2.45, 2.75) is 18.1 Å². The summed E-state index contributed by atoms with van der Waals surface area (Å²) in [6.07, 6.45) is 2.70. The van der Waals surface area contributed by atoms with Gasteiger partial charge in [0.2, 0.25) is 15.0 Å². The van der Waals surface area contributed by atoms with Crippen LogP contribution < -0.4 is 11.2 Å². The summed E-state index contributed by atoms with van der Waals surface area (Å²) in [5, 5.41) is 0.126. The van der Waals surface area contributed by atoms with Crippen LogP contribution in [0.25, 0.3) is 16.4 Å². The molecule has 4 rings (SSSR count). The number of H-pyrrole nitrogens is 1. The fraction of sp³-hybridized carbons (Fsp3) is 0.200. The van der Waals surface area contributed by atoms with E-state index in [2.05, 4.69) is 9.97 Å². The summed E-state index contributed by atoms with van der Waals surface area (Å²) in [6, 6.07) is 11.5. The number of benzene rings is 1. The second-order valence-corrected chi connectivity index (χ2v) is 8.80. The summed E-state index contributed by atoms with van der Waals surface area (Å²) in [4.78, 5) is 43.8. The first-order valence-corrected chi connectivity index (χ1v) is 11.2. The summed E-state index contributed by atoms with van der Waals surface area (Å²) < 4.78 is 31.5. The molecule has 0 unspecified atom stereocenters. The van der Waals surface area contributed by atoms with Crippen molar-refractivity contribution in [1.29, 1.82) is 0 Å². The van der Waals surface area contributed by atoms with Gasteiger partial charge in [-0.3, -0.25) is 13.8 Å². The Hall–Kier alpha value is -3.73. The van der Waals surface area contributed by atoms with Crippen LogP contribution in [0.5, 0.6) is 0 Å². The molecule has 1 N–H and O–H groups in total. The number of aromatic amines is 1. The van der Waals surface area contributed by atoms with Crippen molar-refractivity contribution in [3.63, 3.8) is 0 Å². The number of hydrogen-bond donors (Lipinski definition) is 1. The van der Waals surface area contributed by atoms with Crippen LogP contribution in [0.4, 0.5) is 0 Å². The molecule has 31 heavy (non-hydrogen) atoms. The van der Waals surface area contributed by atoms with Gasteiger partial charge >= 0.3 is 11.7 Å². The van der Waals surface area contributed by atoms with Crippen LogP contribution in [0.15, 0.2) is 63.4 Å². The smallest absolute Gasteiger partial charge is 0.359 e. The van der Waals surface area contributed by atoms with E-state index in [0.717, 1.165) is 10.8 Å². The van der Waals surface area contributed by atoms with Crippen LogP contribution in [-0.4, -0.2) is 46.2 Å². The molecule has 0 aliphatic heterocycles. The van der Waals surface area contributed by atoms with Crippen LogP contribution in [0.2, 0.25) is 0 Å². The summed E-state index contributed by atoms with van der Waals surface area (Å²) in [5.41, 5.74) is -0.345. The van der Waals surface area contributed by atoms with Gasteiger partial charge < -0.3 is 9.72 Å². The number of hydrogen-bond acceptors (Lipinski definition) is 7. The van der Waals surface area contributed by atoms with Gasteiger partial charge in [0.25, 0.3) is 5.56 Å². The first kappa shape index (κ1) is 20.5.